The molecule has 0 aliphatic heterocycles. The van der Waals surface area contributed by atoms with E-state index in [0.717, 1.165) is 45.0 Å². The van der Waals surface area contributed by atoms with Gasteiger partial charge in [-0.25, -0.2) is 4.98 Å². The third-order valence-corrected chi connectivity index (χ3v) is 3.55. The Morgan fingerprint density at radius 2 is 1.95 bits per heavy atom. The number of nitrogens with one attached hydrogen (secondary N) is 1. The van der Waals surface area contributed by atoms with Crippen LogP contribution in [0.1, 0.15) is 37.8 Å². The van der Waals surface area contributed by atoms with Crippen LogP contribution in [0.2, 0.25) is 0 Å². The van der Waals surface area contributed by atoms with E-state index in [1.165, 1.54) is 0 Å². The first-order chi connectivity index (χ1) is 10.6. The SMILES string of the molecule is CC.CN=C(C)c1c[nH]c2nc(-c3c(C)noc3C)ccc12. The second kappa shape index (κ2) is 6.56. The zero-order chi connectivity index (χ0) is 16.3. The molecule has 0 atom stereocenters. The number of hydrogen-bond donors (Lipinski definition) is 1. The lowest BCUT2D eigenvalue weighted by Crippen LogP contribution is -1.92. The van der Waals surface area contributed by atoms with Crippen molar-refractivity contribution >= 4 is 16.7 Å². The summed E-state index contributed by atoms with van der Waals surface area (Å²) in [5.74, 6) is 0.785. The molecule has 0 saturated heterocycles. The molecule has 3 aromatic rings. The number of H-pyrrole nitrogens is 1. The number of aromatic amines is 1. The summed E-state index contributed by atoms with van der Waals surface area (Å²) >= 11 is 0. The van der Waals surface area contributed by atoms with Gasteiger partial charge in [0.1, 0.15) is 11.4 Å². The van der Waals surface area contributed by atoms with Crippen molar-refractivity contribution in [3.63, 3.8) is 0 Å². The van der Waals surface area contributed by atoms with Gasteiger partial charge in [-0.2, -0.15) is 0 Å². The van der Waals surface area contributed by atoms with Crippen molar-refractivity contribution in [2.45, 2.75) is 34.6 Å². The summed E-state index contributed by atoms with van der Waals surface area (Å²) in [6.07, 6.45) is 1.94. The molecule has 5 heteroatoms. The van der Waals surface area contributed by atoms with Gasteiger partial charge < -0.3 is 9.51 Å². The van der Waals surface area contributed by atoms with E-state index in [0.29, 0.717) is 0 Å². The predicted octanol–water partition coefficient (Wildman–Crippen LogP) is 4.30. The summed E-state index contributed by atoms with van der Waals surface area (Å²) in [5, 5.41) is 5.05. The van der Waals surface area contributed by atoms with Gasteiger partial charge in [0.2, 0.25) is 0 Å². The van der Waals surface area contributed by atoms with Crippen molar-refractivity contribution in [1.82, 2.24) is 15.1 Å². The molecule has 0 spiro atoms. The Bertz CT molecular complexity index is 792. The minimum absolute atomic E-state index is 0.785. The highest BCUT2D eigenvalue weighted by atomic mass is 16.5. The highest BCUT2D eigenvalue weighted by Crippen LogP contribution is 2.27. The van der Waals surface area contributed by atoms with Crippen LogP contribution in [0.15, 0.2) is 27.8 Å². The molecule has 3 rings (SSSR count). The topological polar surface area (TPSA) is 67.1 Å². The Labute approximate surface area is 130 Å². The third-order valence-electron chi connectivity index (χ3n) is 3.55. The molecular formula is C17H22N4O. The Morgan fingerprint density at radius 1 is 1.23 bits per heavy atom. The van der Waals surface area contributed by atoms with Crippen LogP contribution in [0.4, 0.5) is 0 Å². The van der Waals surface area contributed by atoms with Crippen LogP contribution in [0.3, 0.4) is 0 Å². The predicted molar refractivity (Wildman–Crippen MR) is 90.5 cm³/mol. The van der Waals surface area contributed by atoms with Crippen molar-refractivity contribution < 1.29 is 4.52 Å². The zero-order valence-corrected chi connectivity index (χ0v) is 14.0. The van der Waals surface area contributed by atoms with Gasteiger partial charge in [-0.3, -0.25) is 4.99 Å². The van der Waals surface area contributed by atoms with Gasteiger partial charge in [0.25, 0.3) is 0 Å². The summed E-state index contributed by atoms with van der Waals surface area (Å²) in [6, 6.07) is 4.05. The number of fused-ring (bicyclic) bond motifs is 1. The number of hydrogen-bond acceptors (Lipinski definition) is 4. The van der Waals surface area contributed by atoms with Crippen LogP contribution in [0.5, 0.6) is 0 Å². The first-order valence-corrected chi connectivity index (χ1v) is 7.47. The normalized spacial score (nSPS) is 11.5. The maximum absolute atomic E-state index is 5.20. The summed E-state index contributed by atoms with van der Waals surface area (Å²) in [7, 11) is 1.79. The average molecular weight is 298 g/mol. The van der Waals surface area contributed by atoms with Crippen molar-refractivity contribution in [2.24, 2.45) is 4.99 Å². The van der Waals surface area contributed by atoms with Gasteiger partial charge >= 0.3 is 0 Å². The molecule has 0 unspecified atom stereocenters. The summed E-state index contributed by atoms with van der Waals surface area (Å²) in [5.41, 5.74) is 5.61. The Balaban J connectivity index is 0.000000847. The molecule has 3 aromatic heterocycles. The summed E-state index contributed by atoms with van der Waals surface area (Å²) in [6.45, 7) is 9.81. The van der Waals surface area contributed by atoms with Gasteiger partial charge in [0.05, 0.1) is 17.0 Å². The van der Waals surface area contributed by atoms with Crippen LogP contribution in [-0.2, 0) is 0 Å². The molecular weight excluding hydrogens is 276 g/mol. The summed E-state index contributed by atoms with van der Waals surface area (Å²) in [4.78, 5) is 12.1. The van der Waals surface area contributed by atoms with Crippen LogP contribution >= 0.6 is 0 Å². The second-order valence-electron chi connectivity index (χ2n) is 4.80. The van der Waals surface area contributed by atoms with E-state index in [9.17, 15) is 0 Å². The standard InChI is InChI=1S/C15H16N4O.C2H6/c1-8(16-4)12-7-17-15-11(12)5-6-13(18-15)14-9(2)19-20-10(14)3;1-2/h5-7H,1-4H3,(H,17,18);1-2H3. The maximum Gasteiger partial charge on any atom is 0.143 e. The van der Waals surface area contributed by atoms with Crippen LogP contribution in [0, 0.1) is 13.8 Å². The van der Waals surface area contributed by atoms with Crippen LogP contribution in [-0.4, -0.2) is 27.9 Å². The van der Waals surface area contributed by atoms with E-state index in [2.05, 4.69) is 26.2 Å². The van der Waals surface area contributed by atoms with Crippen molar-refractivity contribution in [3.8, 4) is 11.3 Å². The van der Waals surface area contributed by atoms with Crippen molar-refractivity contribution in [1.29, 1.82) is 0 Å². The Morgan fingerprint density at radius 3 is 2.55 bits per heavy atom. The van der Waals surface area contributed by atoms with Gasteiger partial charge in [0, 0.05) is 29.9 Å². The molecule has 22 heavy (non-hydrogen) atoms. The van der Waals surface area contributed by atoms with E-state index in [1.54, 1.807) is 7.05 Å². The highest BCUT2D eigenvalue weighted by Gasteiger charge is 2.14. The van der Waals surface area contributed by atoms with E-state index in [4.69, 9.17) is 4.52 Å². The van der Waals surface area contributed by atoms with E-state index in [1.807, 2.05) is 46.9 Å². The number of aliphatic imine (C=N–C) groups is 1. The van der Waals surface area contributed by atoms with E-state index < -0.39 is 0 Å². The maximum atomic E-state index is 5.20. The average Bonchev–Trinajstić information content (AvgIpc) is 3.11. The van der Waals surface area contributed by atoms with Gasteiger partial charge in [0.15, 0.2) is 0 Å². The second-order valence-corrected chi connectivity index (χ2v) is 4.80. The Hall–Kier alpha value is -2.43. The van der Waals surface area contributed by atoms with Crippen LogP contribution in [0.25, 0.3) is 22.3 Å². The zero-order valence-electron chi connectivity index (χ0n) is 14.0. The number of aromatic nitrogens is 3. The molecule has 0 aromatic carbocycles. The molecule has 0 bridgehead atoms. The molecule has 0 radical (unpaired) electrons. The molecule has 0 fully saturated rings. The number of pyridine rings is 1. The molecule has 0 amide bonds. The molecule has 1 N–H and O–H groups in total. The molecule has 0 aliphatic rings. The lowest BCUT2D eigenvalue weighted by Gasteiger charge is -2.01. The summed E-state index contributed by atoms with van der Waals surface area (Å²) < 4.78 is 5.20. The Kier molecular flexibility index (Phi) is 4.75. The van der Waals surface area contributed by atoms with E-state index in [-0.39, 0.29) is 0 Å². The van der Waals surface area contributed by atoms with E-state index >= 15 is 0 Å². The first kappa shape index (κ1) is 15.9. The highest BCUT2D eigenvalue weighted by molar-refractivity contribution is 6.09. The van der Waals surface area contributed by atoms with Gasteiger partial charge in [-0.1, -0.05) is 19.0 Å². The minimum atomic E-state index is 0.785. The molecule has 0 saturated carbocycles. The van der Waals surface area contributed by atoms with Crippen LogP contribution < -0.4 is 0 Å². The minimum Gasteiger partial charge on any atom is -0.361 e. The fraction of sp³-hybridized carbons (Fsp3) is 0.353. The molecule has 0 aliphatic carbocycles. The van der Waals surface area contributed by atoms with Gasteiger partial charge in [-0.15, -0.1) is 0 Å². The lowest BCUT2D eigenvalue weighted by atomic mass is 10.1. The van der Waals surface area contributed by atoms with Crippen molar-refractivity contribution in [3.05, 3.63) is 35.3 Å². The monoisotopic (exact) mass is 298 g/mol. The van der Waals surface area contributed by atoms with Gasteiger partial charge in [-0.05, 0) is 32.9 Å². The fourth-order valence-corrected chi connectivity index (χ4v) is 2.41. The quantitative estimate of drug-likeness (QED) is 0.717. The fourth-order valence-electron chi connectivity index (χ4n) is 2.41. The largest absolute Gasteiger partial charge is 0.361 e. The smallest absolute Gasteiger partial charge is 0.143 e. The van der Waals surface area contributed by atoms with Crippen molar-refractivity contribution in [2.75, 3.05) is 7.05 Å². The molecule has 5 nitrogen and oxygen atoms in total. The molecule has 3 heterocycles. The molecule has 116 valence electrons. The number of nitrogens with zero attached hydrogens (tertiary/aromatic N) is 3. The lowest BCUT2D eigenvalue weighted by molar-refractivity contribution is 0.393. The number of rotatable bonds is 2. The number of aryl methyl sites for hydroxylation is 2. The first-order valence-electron chi connectivity index (χ1n) is 7.47. The third kappa shape index (κ3) is 2.66.